The number of nitrogens with one attached hydrogen (secondary N) is 1. The van der Waals surface area contributed by atoms with E-state index in [1.807, 2.05) is 0 Å². The Morgan fingerprint density at radius 1 is 1.15 bits per heavy atom. The Labute approximate surface area is 175 Å². The van der Waals surface area contributed by atoms with Crippen molar-refractivity contribution in [3.8, 4) is 0 Å². The van der Waals surface area contributed by atoms with Crippen molar-refractivity contribution >= 4 is 78.8 Å². The number of halogens is 4. The SMILES string of the molecule is O=C(Nc1cc(Cl)cc(Br)c1)c1cc(N2CCCS2(O)O)cc(Cl)c1Cl. The van der Waals surface area contributed by atoms with E-state index in [1.54, 1.807) is 18.2 Å². The molecular weight excluding hydrogens is 487 g/mol. The molecule has 1 saturated heterocycles. The summed E-state index contributed by atoms with van der Waals surface area (Å²) in [5, 5.41) is 3.41. The Morgan fingerprint density at radius 2 is 1.88 bits per heavy atom. The summed E-state index contributed by atoms with van der Waals surface area (Å²) in [5.41, 5.74) is 1.05. The fourth-order valence-electron chi connectivity index (χ4n) is 2.66. The summed E-state index contributed by atoms with van der Waals surface area (Å²) in [5.74, 6) is -0.200. The summed E-state index contributed by atoms with van der Waals surface area (Å²) in [6.07, 6.45) is 0.640. The summed E-state index contributed by atoms with van der Waals surface area (Å²) in [7, 11) is -2.91. The zero-order chi connectivity index (χ0) is 19.1. The molecule has 0 saturated carbocycles. The zero-order valence-electron chi connectivity index (χ0n) is 13.2. The van der Waals surface area contributed by atoms with Crippen molar-refractivity contribution in [3.05, 3.63) is 55.4 Å². The van der Waals surface area contributed by atoms with Gasteiger partial charge in [0.05, 0.1) is 27.0 Å². The first kappa shape index (κ1) is 20.1. The number of anilines is 2. The first-order valence-electron chi connectivity index (χ1n) is 7.47. The summed E-state index contributed by atoms with van der Waals surface area (Å²) in [6.45, 7) is 0.461. The highest BCUT2D eigenvalue weighted by molar-refractivity contribution is 9.10. The first-order chi connectivity index (χ1) is 12.2. The molecule has 1 amide bonds. The third-order valence-electron chi connectivity index (χ3n) is 3.80. The van der Waals surface area contributed by atoms with Crippen molar-refractivity contribution in [3.63, 3.8) is 0 Å². The van der Waals surface area contributed by atoms with Crippen LogP contribution in [0.3, 0.4) is 0 Å². The van der Waals surface area contributed by atoms with Gasteiger partial charge in [0.1, 0.15) is 0 Å². The van der Waals surface area contributed by atoms with E-state index in [0.717, 1.165) is 0 Å². The fourth-order valence-corrected chi connectivity index (χ4v) is 5.53. The summed E-state index contributed by atoms with van der Waals surface area (Å²) in [6, 6.07) is 8.01. The van der Waals surface area contributed by atoms with Crippen LogP contribution in [0.25, 0.3) is 0 Å². The lowest BCUT2D eigenvalue weighted by atomic mass is 10.1. The van der Waals surface area contributed by atoms with Crippen molar-refractivity contribution in [2.75, 3.05) is 21.9 Å². The Kier molecular flexibility index (Phi) is 5.99. The van der Waals surface area contributed by atoms with E-state index in [-0.39, 0.29) is 21.4 Å². The summed E-state index contributed by atoms with van der Waals surface area (Å²) < 4.78 is 22.5. The number of rotatable bonds is 3. The molecule has 1 heterocycles. The molecule has 0 aliphatic carbocycles. The third kappa shape index (κ3) is 4.25. The maximum Gasteiger partial charge on any atom is 0.257 e. The van der Waals surface area contributed by atoms with Gasteiger partial charge < -0.3 is 5.32 Å². The number of hydrogen-bond donors (Lipinski definition) is 3. The predicted octanol–water partition coefficient (Wildman–Crippen LogP) is 6.54. The molecule has 0 atom stereocenters. The second-order valence-corrected chi connectivity index (χ2v) is 9.94. The van der Waals surface area contributed by atoms with Gasteiger partial charge in [0, 0.05) is 21.7 Å². The second kappa shape index (κ2) is 7.75. The van der Waals surface area contributed by atoms with Crippen LogP contribution in [0.5, 0.6) is 0 Å². The van der Waals surface area contributed by atoms with E-state index in [9.17, 15) is 13.9 Å². The van der Waals surface area contributed by atoms with Crippen molar-refractivity contribution in [1.82, 2.24) is 0 Å². The molecule has 1 aliphatic heterocycles. The van der Waals surface area contributed by atoms with Gasteiger partial charge in [-0.2, -0.15) is 0 Å². The van der Waals surface area contributed by atoms with Crippen molar-refractivity contribution < 1.29 is 13.9 Å². The van der Waals surface area contributed by atoms with E-state index >= 15 is 0 Å². The van der Waals surface area contributed by atoms with Gasteiger partial charge in [-0.25, -0.2) is 0 Å². The average molecular weight is 501 g/mol. The van der Waals surface area contributed by atoms with Gasteiger partial charge in [0.25, 0.3) is 5.91 Å². The molecule has 3 N–H and O–H groups in total. The third-order valence-corrected chi connectivity index (χ3v) is 7.21. The molecular formula is C16H14BrCl3N2O3S. The molecule has 2 aromatic rings. The minimum absolute atomic E-state index is 0.0877. The topological polar surface area (TPSA) is 72.8 Å². The Morgan fingerprint density at radius 3 is 2.50 bits per heavy atom. The standard InChI is InChI=1S/C16H14BrCl3N2O3S/c17-9-4-10(18)6-11(5-9)21-16(23)13-7-12(8-14(19)15(13)20)22-2-1-3-26(22,24)25/h4-8,24-25H,1-3H2,(H,21,23). The Balaban J connectivity index is 1.95. The van der Waals surface area contributed by atoms with E-state index < -0.39 is 16.7 Å². The molecule has 0 spiro atoms. The van der Waals surface area contributed by atoms with Crippen LogP contribution in [-0.4, -0.2) is 27.3 Å². The lowest BCUT2D eigenvalue weighted by molar-refractivity contribution is 0.102. The van der Waals surface area contributed by atoms with E-state index in [1.165, 1.54) is 16.4 Å². The Hall–Kier alpha value is -0.670. The molecule has 0 bridgehead atoms. The van der Waals surface area contributed by atoms with Crippen LogP contribution in [0.4, 0.5) is 11.4 Å². The first-order valence-corrected chi connectivity index (χ1v) is 11.1. The monoisotopic (exact) mass is 498 g/mol. The number of amides is 1. The molecule has 0 aromatic heterocycles. The highest BCUT2D eigenvalue weighted by Gasteiger charge is 2.30. The van der Waals surface area contributed by atoms with Crippen molar-refractivity contribution in [2.45, 2.75) is 6.42 Å². The van der Waals surface area contributed by atoms with Crippen LogP contribution in [0.1, 0.15) is 16.8 Å². The number of benzene rings is 2. The Bertz CT molecular complexity index is 862. The summed E-state index contributed by atoms with van der Waals surface area (Å²) in [4.78, 5) is 12.7. The number of carbonyl (C=O) groups is 1. The van der Waals surface area contributed by atoms with Crippen LogP contribution >= 0.6 is 61.5 Å². The van der Waals surface area contributed by atoms with Gasteiger partial charge in [0.15, 0.2) is 0 Å². The second-order valence-electron chi connectivity index (χ2n) is 5.69. The molecule has 10 heteroatoms. The van der Waals surface area contributed by atoms with E-state index in [4.69, 9.17) is 34.8 Å². The minimum Gasteiger partial charge on any atom is -0.322 e. The molecule has 140 valence electrons. The molecule has 1 fully saturated rings. The molecule has 0 radical (unpaired) electrons. The molecule has 3 rings (SSSR count). The lowest BCUT2D eigenvalue weighted by Gasteiger charge is -2.38. The van der Waals surface area contributed by atoms with Crippen LogP contribution < -0.4 is 9.62 Å². The van der Waals surface area contributed by atoms with E-state index in [2.05, 4.69) is 21.2 Å². The maximum absolute atomic E-state index is 12.7. The zero-order valence-corrected chi connectivity index (χ0v) is 17.8. The molecule has 1 aliphatic rings. The number of hydrogen-bond acceptors (Lipinski definition) is 4. The van der Waals surface area contributed by atoms with Crippen LogP contribution in [0.2, 0.25) is 15.1 Å². The molecule has 5 nitrogen and oxygen atoms in total. The van der Waals surface area contributed by atoms with Gasteiger partial charge in [-0.15, -0.1) is 10.8 Å². The van der Waals surface area contributed by atoms with Gasteiger partial charge in [0.2, 0.25) is 0 Å². The van der Waals surface area contributed by atoms with Crippen molar-refractivity contribution in [1.29, 1.82) is 0 Å². The predicted molar refractivity (Wildman–Crippen MR) is 113 cm³/mol. The normalized spacial score (nSPS) is 17.2. The highest BCUT2D eigenvalue weighted by Crippen LogP contribution is 2.51. The number of carbonyl (C=O) groups excluding carboxylic acids is 1. The lowest BCUT2D eigenvalue weighted by Crippen LogP contribution is -2.22. The van der Waals surface area contributed by atoms with E-state index in [0.29, 0.717) is 33.8 Å². The van der Waals surface area contributed by atoms with Crippen molar-refractivity contribution in [2.24, 2.45) is 0 Å². The largest absolute Gasteiger partial charge is 0.322 e. The minimum atomic E-state index is -2.91. The molecule has 0 unspecified atom stereocenters. The van der Waals surface area contributed by atoms with Crippen LogP contribution in [0, 0.1) is 0 Å². The van der Waals surface area contributed by atoms with Gasteiger partial charge >= 0.3 is 0 Å². The molecule has 26 heavy (non-hydrogen) atoms. The fraction of sp³-hybridized carbons (Fsp3) is 0.188. The maximum atomic E-state index is 12.7. The van der Waals surface area contributed by atoms with Gasteiger partial charge in [-0.3, -0.25) is 18.2 Å². The smallest absolute Gasteiger partial charge is 0.257 e. The van der Waals surface area contributed by atoms with Crippen LogP contribution in [-0.2, 0) is 0 Å². The number of nitrogens with zero attached hydrogens (tertiary/aromatic N) is 1. The van der Waals surface area contributed by atoms with Gasteiger partial charge in [-0.05, 0) is 36.8 Å². The quantitative estimate of drug-likeness (QED) is 0.448. The van der Waals surface area contributed by atoms with Crippen LogP contribution in [0.15, 0.2) is 34.8 Å². The highest BCUT2D eigenvalue weighted by atomic mass is 79.9. The summed E-state index contributed by atoms with van der Waals surface area (Å²) >= 11 is 21.7. The average Bonchev–Trinajstić information content (AvgIpc) is 2.88. The van der Waals surface area contributed by atoms with Gasteiger partial charge in [-0.1, -0.05) is 50.7 Å². The molecule has 2 aromatic carbocycles.